The monoisotopic (exact) mass is 519 g/mol. The van der Waals surface area contributed by atoms with Gasteiger partial charge in [0.1, 0.15) is 5.75 Å². The molecule has 1 saturated heterocycles. The van der Waals surface area contributed by atoms with E-state index in [-0.39, 0.29) is 17.9 Å². The van der Waals surface area contributed by atoms with Crippen LogP contribution >= 0.6 is 0 Å². The Labute approximate surface area is 225 Å². The first-order valence-electron chi connectivity index (χ1n) is 14.0. The average molecular weight is 520 g/mol. The third-order valence-electron chi connectivity index (χ3n) is 10.2. The van der Waals surface area contributed by atoms with E-state index in [4.69, 9.17) is 9.47 Å². The summed E-state index contributed by atoms with van der Waals surface area (Å²) >= 11 is 0. The predicted octanol–water partition coefficient (Wildman–Crippen LogP) is 4.19. The van der Waals surface area contributed by atoms with Crippen molar-refractivity contribution in [2.24, 2.45) is 11.8 Å². The molecule has 3 N–H and O–H groups in total. The first kappa shape index (κ1) is 25.9. The van der Waals surface area contributed by atoms with Gasteiger partial charge in [0.15, 0.2) is 0 Å². The summed E-state index contributed by atoms with van der Waals surface area (Å²) in [6, 6.07) is 14.6. The highest BCUT2D eigenvalue weighted by molar-refractivity contribution is 5.69. The van der Waals surface area contributed by atoms with Crippen LogP contribution in [0.25, 0.3) is 0 Å². The lowest BCUT2D eigenvalue weighted by Gasteiger charge is -2.51. The van der Waals surface area contributed by atoms with E-state index in [1.807, 2.05) is 19.9 Å². The van der Waals surface area contributed by atoms with Crippen LogP contribution < -0.4 is 9.64 Å². The van der Waals surface area contributed by atoms with Crippen LogP contribution in [0.5, 0.6) is 5.75 Å². The number of allylic oxidation sites excluding steroid dienone is 1. The highest BCUT2D eigenvalue weighted by Gasteiger charge is 2.73. The van der Waals surface area contributed by atoms with Crippen molar-refractivity contribution in [3.8, 4) is 5.75 Å². The minimum absolute atomic E-state index is 0.115. The van der Waals surface area contributed by atoms with Gasteiger partial charge in [0.25, 0.3) is 0 Å². The molecule has 0 radical (unpaired) electrons. The Bertz CT molecular complexity index is 1260. The molecule has 0 unspecified atom stereocenters. The summed E-state index contributed by atoms with van der Waals surface area (Å²) in [4.78, 5) is 2.34. The van der Waals surface area contributed by atoms with Gasteiger partial charge in [-0.25, -0.2) is 0 Å². The van der Waals surface area contributed by atoms with Gasteiger partial charge in [-0.2, -0.15) is 0 Å². The van der Waals surface area contributed by atoms with E-state index in [1.54, 1.807) is 14.2 Å². The number of benzene rings is 2. The summed E-state index contributed by atoms with van der Waals surface area (Å²) < 4.78 is 11.7. The van der Waals surface area contributed by atoms with Gasteiger partial charge in [0.2, 0.25) is 0 Å². The van der Waals surface area contributed by atoms with Gasteiger partial charge in [-0.05, 0) is 87.3 Å². The molecule has 0 bridgehead atoms. The van der Waals surface area contributed by atoms with Gasteiger partial charge >= 0.3 is 0 Å². The van der Waals surface area contributed by atoms with Crippen molar-refractivity contribution in [2.75, 3.05) is 19.1 Å². The maximum absolute atomic E-state index is 12.9. The Morgan fingerprint density at radius 3 is 2.63 bits per heavy atom. The normalized spacial score (nSPS) is 37.4. The Hall–Kier alpha value is -2.38. The maximum Gasteiger partial charge on any atom is 0.119 e. The van der Waals surface area contributed by atoms with E-state index in [9.17, 15) is 15.3 Å². The van der Waals surface area contributed by atoms with Crippen LogP contribution in [-0.4, -0.2) is 65.0 Å². The summed E-state index contributed by atoms with van der Waals surface area (Å²) in [5.41, 5.74) is 3.95. The lowest BCUT2D eigenvalue weighted by atomic mass is 9.61. The van der Waals surface area contributed by atoms with Gasteiger partial charge in [0.05, 0.1) is 42.6 Å². The number of hydrogen-bond acceptors (Lipinski definition) is 6. The molecule has 6 heteroatoms. The predicted molar refractivity (Wildman–Crippen MR) is 148 cm³/mol. The number of rotatable bonds is 5. The molecule has 1 saturated carbocycles. The van der Waals surface area contributed by atoms with Crippen LogP contribution in [0.1, 0.15) is 62.6 Å². The molecule has 38 heavy (non-hydrogen) atoms. The average Bonchev–Trinajstić information content (AvgIpc) is 3.39. The number of anilines is 1. The molecule has 9 atom stereocenters. The summed E-state index contributed by atoms with van der Waals surface area (Å²) in [6.45, 7) is 6.15. The van der Waals surface area contributed by atoms with E-state index < -0.39 is 35.4 Å². The van der Waals surface area contributed by atoms with Crippen LogP contribution in [0.3, 0.4) is 0 Å². The fraction of sp³-hybridized carbons (Fsp3) is 0.562. The van der Waals surface area contributed by atoms with Crippen molar-refractivity contribution in [1.82, 2.24) is 0 Å². The second kappa shape index (κ2) is 9.09. The van der Waals surface area contributed by atoms with E-state index in [1.165, 1.54) is 16.7 Å². The smallest absolute Gasteiger partial charge is 0.119 e. The lowest BCUT2D eigenvalue weighted by molar-refractivity contribution is -0.174. The third kappa shape index (κ3) is 3.40. The number of nitrogens with zero attached hydrogens (tertiary/aromatic N) is 1. The second-order valence-electron chi connectivity index (χ2n) is 12.3. The maximum atomic E-state index is 12.9. The summed E-state index contributed by atoms with van der Waals surface area (Å²) in [5.74, 6) is 0.557. The number of aliphatic hydroxyl groups is 3. The van der Waals surface area contributed by atoms with Crippen molar-refractivity contribution in [2.45, 2.75) is 87.9 Å². The first-order chi connectivity index (χ1) is 18.2. The van der Waals surface area contributed by atoms with Crippen LogP contribution in [0.2, 0.25) is 0 Å². The zero-order valence-electron chi connectivity index (χ0n) is 23.1. The molecule has 2 fully saturated rings. The molecule has 0 aromatic heterocycles. The molecular formula is C32H41NO5. The molecule has 2 aliphatic heterocycles. The molecular weight excluding hydrogens is 478 g/mol. The van der Waals surface area contributed by atoms with Crippen LogP contribution in [-0.2, 0) is 11.2 Å². The number of aliphatic hydroxyl groups excluding tert-OH is 2. The molecule has 0 amide bonds. The fourth-order valence-corrected chi connectivity index (χ4v) is 8.71. The lowest BCUT2D eigenvalue weighted by Crippen LogP contribution is -2.63. The molecule has 4 aliphatic rings. The van der Waals surface area contributed by atoms with Gasteiger partial charge in [-0.15, -0.1) is 0 Å². The minimum atomic E-state index is -1.14. The Morgan fingerprint density at radius 2 is 1.92 bits per heavy atom. The fourth-order valence-electron chi connectivity index (χ4n) is 8.71. The van der Waals surface area contributed by atoms with Crippen molar-refractivity contribution >= 4 is 5.69 Å². The van der Waals surface area contributed by atoms with Crippen molar-refractivity contribution in [3.63, 3.8) is 0 Å². The zero-order valence-corrected chi connectivity index (χ0v) is 23.1. The van der Waals surface area contributed by atoms with Crippen molar-refractivity contribution < 1.29 is 24.8 Å². The van der Waals surface area contributed by atoms with E-state index in [0.29, 0.717) is 19.3 Å². The Morgan fingerprint density at radius 1 is 1.16 bits per heavy atom. The molecule has 0 spiro atoms. The van der Waals surface area contributed by atoms with Gasteiger partial charge in [-0.1, -0.05) is 35.9 Å². The summed E-state index contributed by atoms with van der Waals surface area (Å²) in [7, 11) is 3.31. The van der Waals surface area contributed by atoms with Gasteiger partial charge < -0.3 is 29.7 Å². The highest BCUT2D eigenvalue weighted by Crippen LogP contribution is 2.65. The molecule has 204 valence electrons. The van der Waals surface area contributed by atoms with Crippen LogP contribution in [0.15, 0.2) is 54.1 Å². The zero-order chi connectivity index (χ0) is 27.0. The molecule has 2 aromatic rings. The van der Waals surface area contributed by atoms with Gasteiger partial charge in [0, 0.05) is 24.6 Å². The standard InChI is InChI=1S/C32H41NO5/c1-18(2)10-13-26(35)31(3)29-28(38-5)25(34)14-15-32(29,36)30-23-16-19-8-6-7-9-21(19)27(23)22-17-20(37-4)11-12-24(22)33(30)31/h6-12,17,23,25-30,34-36H,13-16H2,1-5H3/t23-,25-,26-,27+,28-,29-,30+,31-,32-/m1/s1. The van der Waals surface area contributed by atoms with E-state index >= 15 is 0 Å². The highest BCUT2D eigenvalue weighted by atomic mass is 16.5. The molecule has 2 aromatic carbocycles. The van der Waals surface area contributed by atoms with Crippen molar-refractivity contribution in [1.29, 1.82) is 0 Å². The van der Waals surface area contributed by atoms with Crippen molar-refractivity contribution in [3.05, 3.63) is 70.8 Å². The topological polar surface area (TPSA) is 82.4 Å². The third-order valence-corrected chi connectivity index (χ3v) is 10.2. The van der Waals surface area contributed by atoms with E-state index in [0.717, 1.165) is 23.4 Å². The van der Waals surface area contributed by atoms with Crippen LogP contribution in [0, 0.1) is 11.8 Å². The SMILES string of the molecule is COc1ccc2c(c1)[C@@H]1c3ccccc3C[C@H]1[C@@H]1N2[C@](C)([C@H](O)CC=C(C)C)[C@H]2[C@H](OC)[C@H](O)CC[C@]12O. The quantitative estimate of drug-likeness (QED) is 0.514. The number of hydrogen-bond donors (Lipinski definition) is 3. The minimum Gasteiger partial charge on any atom is -0.497 e. The summed E-state index contributed by atoms with van der Waals surface area (Å²) in [6.07, 6.45) is 2.25. The van der Waals surface area contributed by atoms with Gasteiger partial charge in [-0.3, -0.25) is 0 Å². The molecule has 2 aliphatic carbocycles. The number of methoxy groups -OCH3 is 2. The number of fused-ring (bicyclic) bond motifs is 10. The molecule has 6 nitrogen and oxygen atoms in total. The summed E-state index contributed by atoms with van der Waals surface area (Å²) in [5, 5.41) is 36.0. The molecule has 2 heterocycles. The largest absolute Gasteiger partial charge is 0.497 e. The molecule has 6 rings (SSSR count). The van der Waals surface area contributed by atoms with Crippen LogP contribution in [0.4, 0.5) is 5.69 Å². The Balaban J connectivity index is 1.62. The number of ether oxygens (including phenoxy) is 2. The van der Waals surface area contributed by atoms with E-state index in [2.05, 4.69) is 54.3 Å². The second-order valence-corrected chi connectivity index (χ2v) is 12.3. The Kier molecular flexibility index (Phi) is 6.19. The first-order valence-corrected chi connectivity index (χ1v) is 14.0.